The van der Waals surface area contributed by atoms with E-state index >= 15 is 4.39 Å². The second-order valence-electron chi connectivity index (χ2n) is 12.6. The fourth-order valence-electron chi connectivity index (χ4n) is 5.87. The van der Waals surface area contributed by atoms with Crippen LogP contribution in [0.4, 0.5) is 20.1 Å². The monoisotopic (exact) mass is 653 g/mol. The molecule has 0 unspecified atom stereocenters. The average Bonchev–Trinajstić information content (AvgIpc) is 3.70. The van der Waals surface area contributed by atoms with Gasteiger partial charge in [0.1, 0.15) is 16.7 Å². The van der Waals surface area contributed by atoms with Gasteiger partial charge in [0.05, 0.1) is 58.1 Å². The summed E-state index contributed by atoms with van der Waals surface area (Å²) >= 11 is 8.08. The lowest BCUT2D eigenvalue weighted by atomic mass is 9.94. The van der Waals surface area contributed by atoms with Crippen molar-refractivity contribution in [2.24, 2.45) is 0 Å². The topological polar surface area (TPSA) is 137 Å². The predicted molar refractivity (Wildman–Crippen MR) is 171 cm³/mol. The van der Waals surface area contributed by atoms with Gasteiger partial charge in [-0.15, -0.1) is 11.3 Å². The van der Waals surface area contributed by atoms with Crippen molar-refractivity contribution in [1.82, 2.24) is 19.9 Å². The van der Waals surface area contributed by atoms with E-state index in [-0.39, 0.29) is 56.7 Å². The lowest BCUT2D eigenvalue weighted by molar-refractivity contribution is 0.0636. The van der Waals surface area contributed by atoms with Gasteiger partial charge in [-0.1, -0.05) is 11.6 Å². The van der Waals surface area contributed by atoms with Gasteiger partial charge >= 0.3 is 6.09 Å². The Hall–Kier alpha value is -3.67. The van der Waals surface area contributed by atoms with E-state index in [4.69, 9.17) is 26.1 Å². The fourth-order valence-corrected chi connectivity index (χ4v) is 7.26. The Morgan fingerprint density at radius 1 is 1.29 bits per heavy atom. The zero-order valence-electron chi connectivity index (χ0n) is 25.7. The van der Waals surface area contributed by atoms with Crippen LogP contribution in [0.2, 0.25) is 5.02 Å². The largest absolute Gasteiger partial charge is 0.444 e. The molecule has 236 valence electrons. The first-order valence-electron chi connectivity index (χ1n) is 14.5. The van der Waals surface area contributed by atoms with Crippen molar-refractivity contribution >= 4 is 61.0 Å². The molecule has 2 aliphatic heterocycles. The van der Waals surface area contributed by atoms with Crippen molar-refractivity contribution in [2.45, 2.75) is 71.6 Å². The Kier molecular flexibility index (Phi) is 8.07. The number of aliphatic hydroxyl groups excluding tert-OH is 1. The van der Waals surface area contributed by atoms with Crippen molar-refractivity contribution in [1.29, 1.82) is 5.26 Å². The number of hydrogen-bond donors (Lipinski definition) is 2. The Balaban J connectivity index is 1.50. The molecule has 0 aliphatic carbocycles. The zero-order valence-corrected chi connectivity index (χ0v) is 27.3. The molecule has 1 fully saturated rings. The van der Waals surface area contributed by atoms with Crippen LogP contribution in [0.1, 0.15) is 51.3 Å². The van der Waals surface area contributed by atoms with Gasteiger partial charge in [-0.3, -0.25) is 15.2 Å². The number of rotatable bonds is 5. The summed E-state index contributed by atoms with van der Waals surface area (Å²) < 4.78 is 26.6. The second kappa shape index (κ2) is 11.6. The summed E-state index contributed by atoms with van der Waals surface area (Å²) in [7, 11) is 1.99. The number of likely N-dealkylation sites (N-methyl/N-ethyl adjacent to an activating group) is 1. The Labute approximate surface area is 268 Å². The molecule has 3 aromatic heterocycles. The maximum Gasteiger partial charge on any atom is 0.412 e. The highest BCUT2D eigenvalue weighted by atomic mass is 35.5. The lowest BCUT2D eigenvalue weighted by Gasteiger charge is -2.29. The number of halogens is 2. The van der Waals surface area contributed by atoms with Crippen LogP contribution < -0.4 is 10.2 Å². The van der Waals surface area contributed by atoms with Crippen molar-refractivity contribution in [2.75, 3.05) is 30.4 Å². The number of nitrogens with zero attached hydrogens (tertiary/aromatic N) is 6. The Morgan fingerprint density at radius 2 is 2.02 bits per heavy atom. The summed E-state index contributed by atoms with van der Waals surface area (Å²) in [5, 5.41) is 25.0. The smallest absolute Gasteiger partial charge is 0.412 e. The molecule has 0 saturated carbocycles. The van der Waals surface area contributed by atoms with Gasteiger partial charge in [0, 0.05) is 41.7 Å². The lowest BCUT2D eigenvalue weighted by Crippen LogP contribution is -2.44. The molecular formula is C31H33ClFN7O4S. The Morgan fingerprint density at radius 3 is 2.71 bits per heavy atom. The van der Waals surface area contributed by atoms with Crippen LogP contribution in [0, 0.1) is 17.1 Å². The first-order chi connectivity index (χ1) is 21.3. The highest BCUT2D eigenvalue weighted by Gasteiger charge is 2.37. The number of β-amino-alcohol motifs (C(OH)–C–C–N with tert-alkyl or cyclic N) is 1. The van der Waals surface area contributed by atoms with Crippen LogP contribution in [0.3, 0.4) is 0 Å². The predicted octanol–water partition coefficient (Wildman–Crippen LogP) is 5.84. The Bertz CT molecular complexity index is 1890. The van der Waals surface area contributed by atoms with Gasteiger partial charge in [-0.2, -0.15) is 5.26 Å². The van der Waals surface area contributed by atoms with Gasteiger partial charge in [-0.25, -0.2) is 19.2 Å². The minimum atomic E-state index is -0.774. The van der Waals surface area contributed by atoms with E-state index in [2.05, 4.69) is 40.1 Å². The van der Waals surface area contributed by atoms with Crippen LogP contribution in [-0.4, -0.2) is 75.0 Å². The first-order valence-corrected chi connectivity index (χ1v) is 15.7. The molecule has 0 spiro atoms. The molecule has 6 rings (SSSR count). The molecule has 14 heteroatoms. The number of benzene rings is 1. The van der Waals surface area contributed by atoms with Gasteiger partial charge < -0.3 is 19.5 Å². The molecule has 45 heavy (non-hydrogen) atoms. The highest BCUT2D eigenvalue weighted by Crippen LogP contribution is 2.47. The number of amides is 1. The van der Waals surface area contributed by atoms with Crippen LogP contribution in [-0.2, 0) is 22.7 Å². The van der Waals surface area contributed by atoms with E-state index in [0.717, 1.165) is 28.7 Å². The minimum Gasteiger partial charge on any atom is -0.444 e. The molecule has 1 saturated heterocycles. The molecule has 2 atom stereocenters. The van der Waals surface area contributed by atoms with Gasteiger partial charge in [0.2, 0.25) is 5.95 Å². The van der Waals surface area contributed by atoms with Crippen LogP contribution in [0.25, 0.3) is 32.2 Å². The number of ether oxygens (including phenoxy) is 2. The number of hydrogen-bond acceptors (Lipinski definition) is 11. The number of aliphatic hydroxyl groups is 1. The van der Waals surface area contributed by atoms with Gasteiger partial charge in [-0.05, 0) is 52.8 Å². The number of carbonyl (C=O) groups is 1. The standard InChI is InChI=1S/C31H33ClFN7O4S/c1-14(2)39(6)20-10-40(11-21(20)41)29-36-8-16-17-12-43-13-18(17)22(24(32)25(16)37-29)26-23-15(7-34)28(38-30(42)44-31(3,4)5)45-27(23)19(33)9-35-26/h8-9,14,20-21,41H,10-13H2,1-6H3,(H,38,42)/t20-,21+/m1/s1. The third-order valence-electron chi connectivity index (χ3n) is 8.20. The van der Waals surface area contributed by atoms with Gasteiger partial charge in [0.25, 0.3) is 0 Å². The maximum atomic E-state index is 15.2. The minimum absolute atomic E-state index is 0.0430. The average molecular weight is 654 g/mol. The maximum absolute atomic E-state index is 15.2. The number of aromatic nitrogens is 3. The number of thiophene rings is 1. The number of nitriles is 1. The highest BCUT2D eigenvalue weighted by molar-refractivity contribution is 7.23. The van der Waals surface area contributed by atoms with Crippen LogP contribution in [0.5, 0.6) is 0 Å². The molecule has 4 aromatic rings. The summed E-state index contributed by atoms with van der Waals surface area (Å²) in [4.78, 5) is 30.6. The molecule has 1 aromatic carbocycles. The van der Waals surface area contributed by atoms with E-state index in [1.165, 1.54) is 0 Å². The summed E-state index contributed by atoms with van der Waals surface area (Å²) in [6.45, 7) is 10.7. The summed E-state index contributed by atoms with van der Waals surface area (Å²) in [6.07, 6.45) is 1.45. The number of carbonyl (C=O) groups excluding carboxylic acids is 1. The van der Waals surface area contributed by atoms with Gasteiger partial charge in [0.15, 0.2) is 5.82 Å². The molecule has 0 bridgehead atoms. The molecule has 11 nitrogen and oxygen atoms in total. The number of anilines is 2. The van der Waals surface area contributed by atoms with Crippen LogP contribution in [0.15, 0.2) is 12.4 Å². The normalized spacial score (nSPS) is 18.3. The SMILES string of the molecule is CC(C)N(C)[C@@H]1CN(c2ncc3c4c(c(-c5ncc(F)c6sc(NC(=O)OC(C)(C)C)c(C#N)c56)c(Cl)c3n2)COC4)C[C@@H]1O. The van der Waals surface area contributed by atoms with Crippen molar-refractivity contribution in [3.05, 3.63) is 39.9 Å². The van der Waals surface area contributed by atoms with E-state index in [0.29, 0.717) is 35.5 Å². The zero-order chi connectivity index (χ0) is 32.4. The first kappa shape index (κ1) is 31.3. The van der Waals surface area contributed by atoms with Crippen molar-refractivity contribution in [3.63, 3.8) is 0 Å². The molecule has 5 heterocycles. The van der Waals surface area contributed by atoms with Crippen molar-refractivity contribution < 1.29 is 23.8 Å². The van der Waals surface area contributed by atoms with E-state index in [1.54, 1.807) is 27.0 Å². The van der Waals surface area contributed by atoms with E-state index in [9.17, 15) is 15.2 Å². The summed E-state index contributed by atoms with van der Waals surface area (Å²) in [5.41, 5.74) is 2.05. The molecule has 2 N–H and O–H groups in total. The van der Waals surface area contributed by atoms with Crippen molar-refractivity contribution in [3.8, 4) is 17.3 Å². The third-order valence-corrected chi connectivity index (χ3v) is 9.68. The third kappa shape index (κ3) is 5.55. The van der Waals surface area contributed by atoms with E-state index < -0.39 is 23.6 Å². The molecule has 2 aliphatic rings. The second-order valence-corrected chi connectivity index (χ2v) is 14.0. The molecular weight excluding hydrogens is 621 g/mol. The van der Waals surface area contributed by atoms with E-state index in [1.807, 2.05) is 11.9 Å². The number of nitrogens with one attached hydrogen (secondary N) is 1. The number of fused-ring (bicyclic) bond motifs is 4. The summed E-state index contributed by atoms with van der Waals surface area (Å²) in [6, 6.07) is 2.28. The fraction of sp³-hybridized carbons (Fsp3) is 0.452. The number of pyridine rings is 1. The summed E-state index contributed by atoms with van der Waals surface area (Å²) in [5.74, 6) is -0.224. The van der Waals surface area contributed by atoms with Crippen LogP contribution >= 0.6 is 22.9 Å². The quantitative estimate of drug-likeness (QED) is 0.270. The molecule has 1 amide bonds. The molecule has 0 radical (unpaired) electrons.